The zero-order chi connectivity index (χ0) is 18.7. The molecule has 2 N–H and O–H groups in total. The van der Waals surface area contributed by atoms with Gasteiger partial charge in [0, 0.05) is 6.54 Å². The summed E-state index contributed by atoms with van der Waals surface area (Å²) >= 11 is 0. The third-order valence-corrected chi connectivity index (χ3v) is 4.74. The van der Waals surface area contributed by atoms with Crippen LogP contribution in [0, 0.1) is 5.92 Å². The van der Waals surface area contributed by atoms with Gasteiger partial charge in [-0.1, -0.05) is 18.9 Å². The predicted octanol–water partition coefficient (Wildman–Crippen LogP) is 3.45. The van der Waals surface area contributed by atoms with Crippen LogP contribution in [0.5, 0.6) is 5.75 Å². The van der Waals surface area contributed by atoms with Crippen LogP contribution in [-0.4, -0.2) is 24.2 Å². The lowest BCUT2D eigenvalue weighted by atomic mass is 9.98. The highest BCUT2D eigenvalue weighted by Crippen LogP contribution is 2.29. The van der Waals surface area contributed by atoms with Crippen molar-refractivity contribution in [3.63, 3.8) is 0 Å². The van der Waals surface area contributed by atoms with Gasteiger partial charge in [-0.15, -0.1) is 0 Å². The molecule has 26 heavy (non-hydrogen) atoms. The number of esters is 1. The second-order valence-electron chi connectivity index (χ2n) is 8.05. The van der Waals surface area contributed by atoms with Crippen LogP contribution in [-0.2, 0) is 16.0 Å². The zero-order valence-electron chi connectivity index (χ0n) is 15.8. The molecule has 1 atom stereocenters. The standard InChI is InChI=1S/C20H28N2O4/c1-20(2,3)26-19(24)22-17-16-9-8-15(12-14(16)10-11-21-17)25-18(23)13-6-4-5-7-13/h8-9,12-13,17,21H,4-7,10-11H2,1-3H3,(H,22,24). The van der Waals surface area contributed by atoms with Crippen molar-refractivity contribution in [2.45, 2.75) is 64.6 Å². The molecule has 1 unspecified atom stereocenters. The molecule has 1 aromatic rings. The van der Waals surface area contributed by atoms with E-state index < -0.39 is 11.7 Å². The minimum atomic E-state index is -0.542. The predicted molar refractivity (Wildman–Crippen MR) is 97.9 cm³/mol. The van der Waals surface area contributed by atoms with Gasteiger partial charge >= 0.3 is 12.1 Å². The maximum atomic E-state index is 12.2. The third-order valence-electron chi connectivity index (χ3n) is 4.74. The number of hydrogen-bond acceptors (Lipinski definition) is 5. The summed E-state index contributed by atoms with van der Waals surface area (Å²) in [6.45, 7) is 6.23. The first kappa shape index (κ1) is 18.7. The van der Waals surface area contributed by atoms with Crippen LogP contribution in [0.25, 0.3) is 0 Å². The highest BCUT2D eigenvalue weighted by Gasteiger charge is 2.27. The Bertz CT molecular complexity index is 675. The van der Waals surface area contributed by atoms with Crippen LogP contribution in [0.3, 0.4) is 0 Å². The molecule has 1 aromatic carbocycles. The number of rotatable bonds is 3. The van der Waals surface area contributed by atoms with E-state index in [0.29, 0.717) is 5.75 Å². The second kappa shape index (κ2) is 7.66. The highest BCUT2D eigenvalue weighted by atomic mass is 16.6. The topological polar surface area (TPSA) is 76.7 Å². The summed E-state index contributed by atoms with van der Waals surface area (Å²) in [6.07, 6.45) is 4.11. The van der Waals surface area contributed by atoms with Crippen molar-refractivity contribution in [1.82, 2.24) is 10.6 Å². The van der Waals surface area contributed by atoms with Gasteiger partial charge < -0.3 is 14.8 Å². The number of hydrogen-bond donors (Lipinski definition) is 2. The Hall–Kier alpha value is -2.08. The van der Waals surface area contributed by atoms with Crippen molar-refractivity contribution < 1.29 is 19.1 Å². The molecule has 0 aromatic heterocycles. The second-order valence-corrected chi connectivity index (χ2v) is 8.05. The fraction of sp³-hybridized carbons (Fsp3) is 0.600. The van der Waals surface area contributed by atoms with E-state index in [0.717, 1.165) is 49.8 Å². The lowest BCUT2D eigenvalue weighted by molar-refractivity contribution is -0.138. The van der Waals surface area contributed by atoms with E-state index in [1.165, 1.54) is 0 Å². The maximum Gasteiger partial charge on any atom is 0.409 e. The van der Waals surface area contributed by atoms with Crippen LogP contribution < -0.4 is 15.4 Å². The van der Waals surface area contributed by atoms with E-state index in [4.69, 9.17) is 9.47 Å². The molecule has 6 heteroatoms. The third kappa shape index (κ3) is 4.75. The monoisotopic (exact) mass is 360 g/mol. The zero-order valence-corrected chi connectivity index (χ0v) is 15.8. The number of carbonyl (C=O) groups excluding carboxylic acids is 2. The minimum absolute atomic E-state index is 0.0364. The SMILES string of the molecule is CC(C)(C)OC(=O)NC1NCCc2cc(OC(=O)C3CCCC3)ccc21. The molecule has 1 aliphatic carbocycles. The maximum absolute atomic E-state index is 12.2. The summed E-state index contributed by atoms with van der Waals surface area (Å²) in [5.41, 5.74) is 1.50. The number of benzene rings is 1. The summed E-state index contributed by atoms with van der Waals surface area (Å²) in [5, 5.41) is 6.13. The summed E-state index contributed by atoms with van der Waals surface area (Å²) < 4.78 is 10.9. The Morgan fingerprint density at radius 2 is 1.92 bits per heavy atom. The van der Waals surface area contributed by atoms with Gasteiger partial charge in [0.05, 0.1) is 5.92 Å². The van der Waals surface area contributed by atoms with Crippen molar-refractivity contribution in [3.8, 4) is 5.75 Å². The van der Waals surface area contributed by atoms with E-state index in [1.807, 2.05) is 32.9 Å². The lowest BCUT2D eigenvalue weighted by Gasteiger charge is -2.29. The molecule has 1 aliphatic heterocycles. The molecule has 6 nitrogen and oxygen atoms in total. The fourth-order valence-corrected chi connectivity index (χ4v) is 3.52. The number of amides is 1. The van der Waals surface area contributed by atoms with Gasteiger partial charge in [0.15, 0.2) is 0 Å². The molecular formula is C20H28N2O4. The number of carbonyl (C=O) groups is 2. The first-order valence-corrected chi connectivity index (χ1v) is 9.39. The number of nitrogens with one attached hydrogen (secondary N) is 2. The minimum Gasteiger partial charge on any atom is -0.444 e. The van der Waals surface area contributed by atoms with E-state index >= 15 is 0 Å². The normalized spacial score (nSPS) is 20.3. The van der Waals surface area contributed by atoms with Crippen LogP contribution in [0.15, 0.2) is 18.2 Å². The summed E-state index contributed by atoms with van der Waals surface area (Å²) in [4.78, 5) is 24.3. The molecule has 142 valence electrons. The smallest absolute Gasteiger partial charge is 0.409 e. The largest absolute Gasteiger partial charge is 0.444 e. The van der Waals surface area contributed by atoms with Crippen molar-refractivity contribution in [3.05, 3.63) is 29.3 Å². The van der Waals surface area contributed by atoms with E-state index in [-0.39, 0.29) is 18.1 Å². The van der Waals surface area contributed by atoms with Crippen molar-refractivity contribution in [1.29, 1.82) is 0 Å². The molecule has 0 bridgehead atoms. The first-order chi connectivity index (χ1) is 12.3. The van der Waals surface area contributed by atoms with Crippen LogP contribution in [0.4, 0.5) is 4.79 Å². The lowest BCUT2D eigenvalue weighted by Crippen LogP contribution is -2.44. The first-order valence-electron chi connectivity index (χ1n) is 9.39. The van der Waals surface area contributed by atoms with Gasteiger partial charge in [0.25, 0.3) is 0 Å². The van der Waals surface area contributed by atoms with Crippen LogP contribution in [0.2, 0.25) is 0 Å². The molecule has 1 amide bonds. The molecule has 0 saturated heterocycles. The number of ether oxygens (including phenoxy) is 2. The molecule has 1 saturated carbocycles. The average molecular weight is 360 g/mol. The van der Waals surface area contributed by atoms with Crippen molar-refractivity contribution >= 4 is 12.1 Å². The molecule has 1 heterocycles. The van der Waals surface area contributed by atoms with Gasteiger partial charge in [-0.25, -0.2) is 4.79 Å². The molecular weight excluding hydrogens is 332 g/mol. The van der Waals surface area contributed by atoms with E-state index in [1.54, 1.807) is 6.07 Å². The Labute approximate surface area is 154 Å². The summed E-state index contributed by atoms with van der Waals surface area (Å²) in [5.74, 6) is 0.493. The number of alkyl carbamates (subject to hydrolysis) is 1. The van der Waals surface area contributed by atoms with E-state index in [2.05, 4.69) is 10.6 Å². The Morgan fingerprint density at radius 3 is 2.62 bits per heavy atom. The van der Waals surface area contributed by atoms with Crippen LogP contribution >= 0.6 is 0 Å². The molecule has 0 radical (unpaired) electrons. The van der Waals surface area contributed by atoms with E-state index in [9.17, 15) is 9.59 Å². The Morgan fingerprint density at radius 1 is 1.19 bits per heavy atom. The fourth-order valence-electron chi connectivity index (χ4n) is 3.52. The average Bonchev–Trinajstić information content (AvgIpc) is 3.07. The number of fused-ring (bicyclic) bond motifs is 1. The quantitative estimate of drug-likeness (QED) is 0.638. The Balaban J connectivity index is 1.66. The molecule has 1 fully saturated rings. The van der Waals surface area contributed by atoms with Gasteiger partial charge in [-0.05, 0) is 63.3 Å². The summed E-state index contributed by atoms with van der Waals surface area (Å²) in [7, 11) is 0. The highest BCUT2D eigenvalue weighted by molar-refractivity contribution is 5.75. The molecule has 0 spiro atoms. The van der Waals surface area contributed by atoms with Crippen molar-refractivity contribution in [2.75, 3.05) is 6.54 Å². The summed E-state index contributed by atoms with van der Waals surface area (Å²) in [6, 6.07) is 5.61. The van der Waals surface area contributed by atoms with Gasteiger partial charge in [-0.3, -0.25) is 10.1 Å². The molecule has 3 rings (SSSR count). The van der Waals surface area contributed by atoms with Gasteiger partial charge in [0.2, 0.25) is 0 Å². The molecule has 2 aliphatic rings. The Kier molecular flexibility index (Phi) is 5.51. The van der Waals surface area contributed by atoms with Gasteiger partial charge in [-0.2, -0.15) is 0 Å². The van der Waals surface area contributed by atoms with Gasteiger partial charge in [0.1, 0.15) is 17.5 Å². The van der Waals surface area contributed by atoms with Crippen molar-refractivity contribution in [2.24, 2.45) is 5.92 Å². The van der Waals surface area contributed by atoms with Crippen LogP contribution in [0.1, 0.15) is 63.7 Å².